The van der Waals surface area contributed by atoms with Crippen molar-refractivity contribution in [1.29, 1.82) is 0 Å². The van der Waals surface area contributed by atoms with Gasteiger partial charge in [0.05, 0.1) is 11.4 Å². The molecular weight excluding hydrogens is 262 g/mol. The summed E-state index contributed by atoms with van der Waals surface area (Å²) in [5, 5.41) is -0.345. The second kappa shape index (κ2) is 6.03. The van der Waals surface area contributed by atoms with Gasteiger partial charge in [-0.2, -0.15) is 0 Å². The van der Waals surface area contributed by atoms with Gasteiger partial charge in [0.15, 0.2) is 0 Å². The third-order valence-electron chi connectivity index (χ3n) is 3.52. The Bertz CT molecular complexity index is 501. The van der Waals surface area contributed by atoms with Gasteiger partial charge in [-0.3, -0.25) is 0 Å². The lowest BCUT2D eigenvalue weighted by atomic mass is 10.1. The predicted octanol–water partition coefficient (Wildman–Crippen LogP) is 2.23. The zero-order chi connectivity index (χ0) is 13.9. The minimum Gasteiger partial charge on any atom is -0.378 e. The summed E-state index contributed by atoms with van der Waals surface area (Å²) in [5.41, 5.74) is 0.978. The quantitative estimate of drug-likeness (QED) is 0.922. The van der Waals surface area contributed by atoms with Gasteiger partial charge in [-0.15, -0.1) is 0 Å². The molecule has 5 heteroatoms. The van der Waals surface area contributed by atoms with Gasteiger partial charge in [-0.05, 0) is 32.3 Å². The number of hydrogen-bond acceptors (Lipinski definition) is 3. The van der Waals surface area contributed by atoms with Gasteiger partial charge in [0, 0.05) is 12.6 Å². The lowest BCUT2D eigenvalue weighted by molar-refractivity contribution is 0.0299. The monoisotopic (exact) mass is 283 g/mol. The van der Waals surface area contributed by atoms with Gasteiger partial charge in [0.2, 0.25) is 10.0 Å². The molecule has 1 aromatic rings. The van der Waals surface area contributed by atoms with Crippen molar-refractivity contribution in [3.8, 4) is 0 Å². The molecule has 19 heavy (non-hydrogen) atoms. The van der Waals surface area contributed by atoms with Gasteiger partial charge in [0.25, 0.3) is 0 Å². The second-order valence-electron chi connectivity index (χ2n) is 5.12. The van der Waals surface area contributed by atoms with Crippen LogP contribution in [0.1, 0.15) is 38.3 Å². The summed E-state index contributed by atoms with van der Waals surface area (Å²) < 4.78 is 32.9. The van der Waals surface area contributed by atoms with Crippen molar-refractivity contribution in [3.05, 3.63) is 35.9 Å². The molecule has 1 heterocycles. The Morgan fingerprint density at radius 1 is 1.32 bits per heavy atom. The van der Waals surface area contributed by atoms with E-state index in [1.165, 1.54) is 0 Å². The molecule has 0 radical (unpaired) electrons. The van der Waals surface area contributed by atoms with Crippen molar-refractivity contribution < 1.29 is 13.2 Å². The Balaban J connectivity index is 2.04. The SMILES string of the molecule is C[C@@H]1C[C@H](S(=O)(=O)N[C@H](C)c2ccccc2)CCO1. The van der Waals surface area contributed by atoms with E-state index in [0.717, 1.165) is 5.56 Å². The van der Waals surface area contributed by atoms with Gasteiger partial charge in [0.1, 0.15) is 0 Å². The molecule has 0 aromatic heterocycles. The highest BCUT2D eigenvalue weighted by atomic mass is 32.2. The zero-order valence-electron chi connectivity index (χ0n) is 11.4. The number of sulfonamides is 1. The van der Waals surface area contributed by atoms with E-state index < -0.39 is 10.0 Å². The van der Waals surface area contributed by atoms with Crippen LogP contribution in [-0.4, -0.2) is 26.4 Å². The van der Waals surface area contributed by atoms with Crippen molar-refractivity contribution in [2.75, 3.05) is 6.61 Å². The fraction of sp³-hybridized carbons (Fsp3) is 0.571. The molecule has 1 aliphatic rings. The first-order chi connectivity index (χ1) is 8.99. The Morgan fingerprint density at radius 3 is 2.63 bits per heavy atom. The van der Waals surface area contributed by atoms with Crippen LogP contribution in [0.4, 0.5) is 0 Å². The Labute approximate surface area is 115 Å². The number of rotatable bonds is 4. The largest absolute Gasteiger partial charge is 0.378 e. The average molecular weight is 283 g/mol. The van der Waals surface area contributed by atoms with Crippen LogP contribution in [0.5, 0.6) is 0 Å². The zero-order valence-corrected chi connectivity index (χ0v) is 12.2. The van der Waals surface area contributed by atoms with Crippen LogP contribution < -0.4 is 4.72 Å². The third kappa shape index (κ3) is 3.78. The first-order valence-electron chi connectivity index (χ1n) is 6.67. The van der Waals surface area contributed by atoms with Crippen LogP contribution in [0.25, 0.3) is 0 Å². The van der Waals surface area contributed by atoms with Crippen molar-refractivity contribution in [3.63, 3.8) is 0 Å². The van der Waals surface area contributed by atoms with Gasteiger partial charge in [-0.25, -0.2) is 13.1 Å². The predicted molar refractivity (Wildman–Crippen MR) is 75.3 cm³/mol. The van der Waals surface area contributed by atoms with Gasteiger partial charge in [-0.1, -0.05) is 30.3 Å². The maximum atomic E-state index is 12.3. The Morgan fingerprint density at radius 2 is 2.00 bits per heavy atom. The van der Waals surface area contributed by atoms with E-state index in [1.807, 2.05) is 44.2 Å². The molecule has 1 fully saturated rings. The van der Waals surface area contributed by atoms with E-state index in [9.17, 15) is 8.42 Å². The first kappa shape index (κ1) is 14.5. The number of ether oxygens (including phenoxy) is 1. The minimum absolute atomic E-state index is 0.0161. The van der Waals surface area contributed by atoms with E-state index in [0.29, 0.717) is 19.4 Å². The summed E-state index contributed by atoms with van der Waals surface area (Å²) in [4.78, 5) is 0. The lowest BCUT2D eigenvalue weighted by Crippen LogP contribution is -2.41. The molecule has 0 spiro atoms. The maximum Gasteiger partial charge on any atom is 0.215 e. The second-order valence-corrected chi connectivity index (χ2v) is 7.12. The topological polar surface area (TPSA) is 55.4 Å². The van der Waals surface area contributed by atoms with E-state index in [1.54, 1.807) is 0 Å². The van der Waals surface area contributed by atoms with E-state index in [4.69, 9.17) is 4.74 Å². The van der Waals surface area contributed by atoms with Crippen LogP contribution in [-0.2, 0) is 14.8 Å². The number of nitrogens with one attached hydrogen (secondary N) is 1. The molecule has 0 bridgehead atoms. The molecule has 0 saturated carbocycles. The molecule has 0 amide bonds. The van der Waals surface area contributed by atoms with E-state index in [-0.39, 0.29) is 17.4 Å². The number of hydrogen-bond donors (Lipinski definition) is 1. The van der Waals surface area contributed by atoms with Crippen LogP contribution in [0.3, 0.4) is 0 Å². The van der Waals surface area contributed by atoms with Crippen molar-refractivity contribution in [2.24, 2.45) is 0 Å². The molecule has 0 unspecified atom stereocenters. The smallest absolute Gasteiger partial charge is 0.215 e. The molecule has 1 aliphatic heterocycles. The highest BCUT2D eigenvalue weighted by Gasteiger charge is 2.31. The van der Waals surface area contributed by atoms with Crippen molar-refractivity contribution in [2.45, 2.75) is 44.1 Å². The normalized spacial score (nSPS) is 26.0. The molecular formula is C14H21NO3S. The van der Waals surface area contributed by atoms with Crippen LogP contribution in [0, 0.1) is 0 Å². The van der Waals surface area contributed by atoms with Crippen LogP contribution >= 0.6 is 0 Å². The highest BCUT2D eigenvalue weighted by molar-refractivity contribution is 7.90. The molecule has 1 N–H and O–H groups in total. The fourth-order valence-corrected chi connectivity index (χ4v) is 4.14. The fourth-order valence-electron chi connectivity index (χ4n) is 2.39. The first-order valence-corrected chi connectivity index (χ1v) is 8.21. The average Bonchev–Trinajstić information content (AvgIpc) is 2.39. The Kier molecular flexibility index (Phi) is 4.60. The maximum absolute atomic E-state index is 12.3. The van der Waals surface area contributed by atoms with Gasteiger partial charge < -0.3 is 4.74 Å². The summed E-state index contributed by atoms with van der Waals surface area (Å²) >= 11 is 0. The molecule has 1 aromatic carbocycles. The van der Waals surface area contributed by atoms with Crippen molar-refractivity contribution in [1.82, 2.24) is 4.72 Å². The molecule has 4 nitrogen and oxygen atoms in total. The molecule has 106 valence electrons. The summed E-state index contributed by atoms with van der Waals surface area (Å²) in [6.07, 6.45) is 1.15. The van der Waals surface area contributed by atoms with E-state index in [2.05, 4.69) is 4.72 Å². The van der Waals surface area contributed by atoms with Crippen molar-refractivity contribution >= 4 is 10.0 Å². The summed E-state index contributed by atoms with van der Waals surface area (Å²) in [6.45, 7) is 4.31. The summed E-state index contributed by atoms with van der Waals surface area (Å²) in [7, 11) is -3.29. The lowest BCUT2D eigenvalue weighted by Gasteiger charge is -2.28. The molecule has 0 aliphatic carbocycles. The molecule has 3 atom stereocenters. The summed E-state index contributed by atoms with van der Waals surface area (Å²) in [5.74, 6) is 0. The van der Waals surface area contributed by atoms with Crippen LogP contribution in [0.2, 0.25) is 0 Å². The molecule has 1 saturated heterocycles. The molecule has 2 rings (SSSR count). The van der Waals surface area contributed by atoms with Crippen LogP contribution in [0.15, 0.2) is 30.3 Å². The Hall–Kier alpha value is -0.910. The van der Waals surface area contributed by atoms with Gasteiger partial charge >= 0.3 is 0 Å². The third-order valence-corrected chi connectivity index (χ3v) is 5.50. The standard InChI is InChI=1S/C14H21NO3S/c1-11-10-14(8-9-18-11)19(16,17)15-12(2)13-6-4-3-5-7-13/h3-7,11-12,14-15H,8-10H2,1-2H3/t11-,12-,14-/m1/s1. The number of benzene rings is 1. The minimum atomic E-state index is -3.29. The van der Waals surface area contributed by atoms with E-state index >= 15 is 0 Å². The summed E-state index contributed by atoms with van der Waals surface area (Å²) in [6, 6.07) is 9.40. The highest BCUT2D eigenvalue weighted by Crippen LogP contribution is 2.22.